The van der Waals surface area contributed by atoms with Crippen LogP contribution in [0.2, 0.25) is 0 Å². The highest BCUT2D eigenvalue weighted by Crippen LogP contribution is 2.34. The van der Waals surface area contributed by atoms with E-state index >= 15 is 0 Å². The number of amides is 3. The minimum absolute atomic E-state index is 0.0197. The number of hydrogen-bond acceptors (Lipinski definition) is 10. The van der Waals surface area contributed by atoms with Crippen molar-refractivity contribution in [3.05, 3.63) is 108 Å². The molecule has 0 spiro atoms. The van der Waals surface area contributed by atoms with Crippen molar-refractivity contribution >= 4 is 57.6 Å². The van der Waals surface area contributed by atoms with Crippen LogP contribution in [0.3, 0.4) is 0 Å². The Morgan fingerprint density at radius 3 is 2.15 bits per heavy atom. The summed E-state index contributed by atoms with van der Waals surface area (Å²) >= 11 is 0. The van der Waals surface area contributed by atoms with E-state index < -0.39 is 59.4 Å². The third-order valence-electron chi connectivity index (χ3n) is 9.22. The molecule has 59 heavy (non-hydrogen) atoms. The predicted octanol–water partition coefficient (Wildman–Crippen LogP) is 8.25. The molecule has 0 unspecified atom stereocenters. The van der Waals surface area contributed by atoms with Crippen LogP contribution in [0.15, 0.2) is 91.3 Å². The Morgan fingerprint density at radius 2 is 1.49 bits per heavy atom. The topological polar surface area (TPSA) is 176 Å². The number of hydrogen-bond donors (Lipinski definition) is 3. The molecule has 3 N–H and O–H groups in total. The number of esters is 1. The first-order valence-electron chi connectivity index (χ1n) is 19.4. The molecule has 2 aromatic heterocycles. The van der Waals surface area contributed by atoms with Crippen molar-refractivity contribution in [2.24, 2.45) is 5.92 Å². The molecule has 0 bridgehead atoms. The first kappa shape index (κ1) is 43.7. The number of aromatic nitrogens is 2. The molecular weight excluding hydrogens is 755 g/mol. The zero-order chi connectivity index (χ0) is 43.1. The van der Waals surface area contributed by atoms with E-state index in [-0.39, 0.29) is 18.9 Å². The van der Waals surface area contributed by atoms with Crippen molar-refractivity contribution < 1.29 is 42.9 Å². The average molecular weight is 808 g/mol. The first-order valence-corrected chi connectivity index (χ1v) is 19.4. The summed E-state index contributed by atoms with van der Waals surface area (Å²) in [5.74, 6) is -2.16. The molecular formula is C45H53N5O9. The predicted molar refractivity (Wildman–Crippen MR) is 224 cm³/mol. The molecule has 14 heteroatoms. The van der Waals surface area contributed by atoms with Gasteiger partial charge in [0.15, 0.2) is 0 Å². The summed E-state index contributed by atoms with van der Waals surface area (Å²) < 4.78 is 23.1. The van der Waals surface area contributed by atoms with Gasteiger partial charge in [-0.15, -0.1) is 0 Å². The second kappa shape index (κ2) is 18.4. The van der Waals surface area contributed by atoms with Gasteiger partial charge in [-0.3, -0.25) is 14.3 Å². The van der Waals surface area contributed by atoms with Gasteiger partial charge in [0, 0.05) is 35.5 Å². The Balaban J connectivity index is 1.58. The number of anilines is 1. The number of benzene rings is 3. The number of rotatable bonds is 12. The number of fused-ring (bicyclic) bond motifs is 2. The molecule has 5 rings (SSSR count). The van der Waals surface area contributed by atoms with Gasteiger partial charge in [0.2, 0.25) is 5.91 Å². The largest absolute Gasteiger partial charge is 0.467 e. The Labute approximate surface area is 343 Å². The molecule has 0 fully saturated rings. The average Bonchev–Trinajstić information content (AvgIpc) is 3.52. The molecule has 0 aliphatic heterocycles. The summed E-state index contributed by atoms with van der Waals surface area (Å²) in [6.07, 6.45) is 0.810. The van der Waals surface area contributed by atoms with Crippen molar-refractivity contribution in [2.45, 2.75) is 97.6 Å². The van der Waals surface area contributed by atoms with Crippen molar-refractivity contribution in [3.63, 3.8) is 0 Å². The number of methoxy groups -OCH3 is 1. The van der Waals surface area contributed by atoms with E-state index in [9.17, 15) is 24.0 Å². The van der Waals surface area contributed by atoms with Crippen LogP contribution in [0, 0.1) is 5.92 Å². The molecule has 14 nitrogen and oxygen atoms in total. The van der Waals surface area contributed by atoms with E-state index in [2.05, 4.69) is 20.9 Å². The van der Waals surface area contributed by atoms with Crippen molar-refractivity contribution in [1.82, 2.24) is 20.2 Å². The summed E-state index contributed by atoms with van der Waals surface area (Å²) in [6.45, 7) is 14.2. The first-order chi connectivity index (χ1) is 27.8. The lowest BCUT2D eigenvalue weighted by Crippen LogP contribution is -2.49. The highest BCUT2D eigenvalue weighted by molar-refractivity contribution is 6.03. The molecule has 0 radical (unpaired) electrons. The normalized spacial score (nSPS) is 13.3. The maximum atomic E-state index is 14.5. The maximum Gasteiger partial charge on any atom is 0.419 e. The molecule has 0 saturated carbocycles. The second-order valence-corrected chi connectivity index (χ2v) is 16.5. The molecule has 2 heterocycles. The molecule has 5 aromatic rings. The van der Waals surface area contributed by atoms with Crippen molar-refractivity contribution in [1.29, 1.82) is 0 Å². The van der Waals surface area contributed by atoms with E-state index in [0.717, 1.165) is 10.9 Å². The number of nitrogens with one attached hydrogen (secondary N) is 3. The van der Waals surface area contributed by atoms with Gasteiger partial charge in [-0.05, 0) is 82.3 Å². The van der Waals surface area contributed by atoms with Crippen LogP contribution in [0.1, 0.15) is 78.0 Å². The van der Waals surface area contributed by atoms with E-state index in [1.165, 1.54) is 11.7 Å². The number of ether oxygens (including phenoxy) is 4. The van der Waals surface area contributed by atoms with Gasteiger partial charge in [0.05, 0.1) is 23.8 Å². The highest BCUT2D eigenvalue weighted by atomic mass is 16.6. The summed E-state index contributed by atoms with van der Waals surface area (Å²) in [5, 5.41) is 9.81. The van der Waals surface area contributed by atoms with Crippen LogP contribution in [-0.2, 0) is 41.6 Å². The Bertz CT molecular complexity index is 2300. The molecule has 0 saturated heterocycles. The number of alkyl carbamates (subject to hydrolysis) is 2. The zero-order valence-electron chi connectivity index (χ0n) is 35.0. The summed E-state index contributed by atoms with van der Waals surface area (Å²) in [7, 11) is 1.21. The van der Waals surface area contributed by atoms with E-state index in [1.807, 2.05) is 56.3 Å². The van der Waals surface area contributed by atoms with Crippen LogP contribution >= 0.6 is 0 Å². The number of para-hydroxylation sites is 1. The molecule has 3 aromatic carbocycles. The Morgan fingerprint density at radius 1 is 0.797 bits per heavy atom. The summed E-state index contributed by atoms with van der Waals surface area (Å²) in [6, 6.07) is 21.3. The molecule has 0 aliphatic rings. The van der Waals surface area contributed by atoms with Crippen LogP contribution < -0.4 is 16.0 Å². The maximum absolute atomic E-state index is 14.5. The van der Waals surface area contributed by atoms with Crippen LogP contribution in [-0.4, -0.2) is 70.1 Å². The van der Waals surface area contributed by atoms with Crippen molar-refractivity contribution in [3.8, 4) is 0 Å². The molecule has 3 amide bonds. The van der Waals surface area contributed by atoms with E-state index in [0.29, 0.717) is 33.2 Å². The smallest absolute Gasteiger partial charge is 0.419 e. The van der Waals surface area contributed by atoms with E-state index in [1.54, 1.807) is 90.3 Å². The summed E-state index contributed by atoms with van der Waals surface area (Å²) in [5.41, 5.74) is 1.65. The van der Waals surface area contributed by atoms with Gasteiger partial charge in [0.25, 0.3) is 0 Å². The molecule has 0 aliphatic carbocycles. The fourth-order valence-corrected chi connectivity index (χ4v) is 6.74. The molecule has 3 atom stereocenters. The van der Waals surface area contributed by atoms with Crippen LogP contribution in [0.5, 0.6) is 0 Å². The zero-order valence-corrected chi connectivity index (χ0v) is 35.0. The van der Waals surface area contributed by atoms with Crippen molar-refractivity contribution in [2.75, 3.05) is 12.4 Å². The fourth-order valence-electron chi connectivity index (χ4n) is 6.74. The lowest BCUT2D eigenvalue weighted by Gasteiger charge is -2.30. The Hall–Kier alpha value is -6.44. The third-order valence-corrected chi connectivity index (χ3v) is 9.22. The number of pyridine rings is 1. The van der Waals surface area contributed by atoms with Gasteiger partial charge >= 0.3 is 24.2 Å². The summed E-state index contributed by atoms with van der Waals surface area (Å²) in [4.78, 5) is 72.1. The number of nitrogens with zero attached hydrogens (tertiary/aromatic N) is 2. The fraction of sp³-hybridized carbons (Fsp3) is 0.378. The third kappa shape index (κ3) is 11.6. The van der Waals surface area contributed by atoms with Gasteiger partial charge in [-0.25, -0.2) is 19.2 Å². The number of carbonyl (C=O) groups excluding carboxylic acids is 5. The second-order valence-electron chi connectivity index (χ2n) is 16.5. The SMILES string of the molecule is COC(=O)[C@H](Cc1cn(C(=O)OC(C)(C)C)c2cc([C@@H](C(C)C)[C@H](NC(=O)OCc3ccccc3)C(=O)Nc3cccc4cccnc34)ccc12)NC(=O)OC(C)(C)C. The van der Waals surface area contributed by atoms with Crippen LogP contribution in [0.4, 0.5) is 20.1 Å². The van der Waals surface area contributed by atoms with Crippen LogP contribution in [0.25, 0.3) is 21.8 Å². The monoisotopic (exact) mass is 807 g/mol. The lowest BCUT2D eigenvalue weighted by atomic mass is 9.81. The highest BCUT2D eigenvalue weighted by Gasteiger charge is 2.36. The van der Waals surface area contributed by atoms with Gasteiger partial charge < -0.3 is 34.9 Å². The number of carbonyl (C=O) groups is 5. The minimum atomic E-state index is -1.18. The van der Waals surface area contributed by atoms with E-state index in [4.69, 9.17) is 18.9 Å². The van der Waals surface area contributed by atoms with Gasteiger partial charge in [-0.1, -0.05) is 74.5 Å². The molecule has 312 valence electrons. The Kier molecular flexibility index (Phi) is 13.6. The van der Waals surface area contributed by atoms with Gasteiger partial charge in [-0.2, -0.15) is 0 Å². The quantitative estimate of drug-likeness (QED) is 0.0822. The standard InChI is InChI=1S/C45H53N5O9/c1-27(2)36(38(49-41(53)57-26-28-15-11-10-12-16-28)39(51)47-33-19-13-17-29-18-14-22-46-37(29)33)30-20-21-32-31(25-50(35(32)24-30)43(55)59-45(6,7)8)23-34(40(52)56-9)48-42(54)58-44(3,4)5/h10-22,24-25,27,34,36,38H,23,26H2,1-9H3,(H,47,51)(H,48,54)(H,49,53)/t34-,36+,38-/m0/s1. The minimum Gasteiger partial charge on any atom is -0.467 e. The lowest BCUT2D eigenvalue weighted by molar-refractivity contribution is -0.143. The van der Waals surface area contributed by atoms with Gasteiger partial charge in [0.1, 0.15) is 29.9 Å².